The number of ether oxygens (including phenoxy) is 1. The van der Waals surface area contributed by atoms with Crippen molar-refractivity contribution < 1.29 is 4.74 Å². The van der Waals surface area contributed by atoms with Crippen LogP contribution in [0.5, 0.6) is 0 Å². The Bertz CT molecular complexity index is 409. The van der Waals surface area contributed by atoms with Gasteiger partial charge in [0.2, 0.25) is 0 Å². The first-order valence-electron chi connectivity index (χ1n) is 5.96. The van der Waals surface area contributed by atoms with Crippen molar-refractivity contribution in [1.82, 2.24) is 0 Å². The van der Waals surface area contributed by atoms with Crippen molar-refractivity contribution in [2.24, 2.45) is 0 Å². The van der Waals surface area contributed by atoms with E-state index < -0.39 is 0 Å². The smallest absolute Gasteiger partial charge is 0.0772 e. The molecule has 2 rings (SSSR count). The van der Waals surface area contributed by atoms with Crippen molar-refractivity contribution in [3.63, 3.8) is 0 Å². The molecule has 1 fully saturated rings. The van der Waals surface area contributed by atoms with Crippen molar-refractivity contribution in [1.29, 1.82) is 0 Å². The number of hydrogen-bond donors (Lipinski definition) is 2. The lowest BCUT2D eigenvalue weighted by molar-refractivity contribution is 0.101. The van der Waals surface area contributed by atoms with Crippen molar-refractivity contribution >= 4 is 23.0 Å². The highest BCUT2D eigenvalue weighted by Gasteiger charge is 2.27. The third-order valence-electron chi connectivity index (χ3n) is 3.44. The molecule has 4 heteroatoms. The third-order valence-corrected chi connectivity index (χ3v) is 3.77. The van der Waals surface area contributed by atoms with Gasteiger partial charge in [0.1, 0.15) is 0 Å². The Hall–Kier alpha value is -0.930. The zero-order valence-electron chi connectivity index (χ0n) is 10.3. The van der Waals surface area contributed by atoms with E-state index in [2.05, 4.69) is 5.32 Å². The minimum Gasteiger partial charge on any atom is -0.398 e. The predicted octanol–water partition coefficient (Wildman–Crippen LogP) is 3.21. The second-order valence-electron chi connectivity index (χ2n) is 4.64. The number of anilines is 2. The maximum atomic E-state index is 6.05. The minimum atomic E-state index is 0.297. The first-order valence-corrected chi connectivity index (χ1v) is 6.34. The van der Waals surface area contributed by atoms with Crippen LogP contribution in [0.3, 0.4) is 0 Å². The Morgan fingerprint density at radius 3 is 2.88 bits per heavy atom. The fraction of sp³-hybridized carbons (Fsp3) is 0.538. The summed E-state index contributed by atoms with van der Waals surface area (Å²) in [5.74, 6) is 0. The van der Waals surface area contributed by atoms with Gasteiger partial charge in [0.25, 0.3) is 0 Å². The number of methoxy groups -OCH3 is 1. The number of aryl methyl sites for hydroxylation is 1. The molecule has 94 valence electrons. The lowest BCUT2D eigenvalue weighted by Gasteiger charge is -2.22. The average molecular weight is 255 g/mol. The number of hydrogen-bond acceptors (Lipinski definition) is 3. The monoisotopic (exact) mass is 254 g/mol. The van der Waals surface area contributed by atoms with Gasteiger partial charge in [-0.3, -0.25) is 0 Å². The summed E-state index contributed by atoms with van der Waals surface area (Å²) in [6.07, 6.45) is 3.76. The first-order chi connectivity index (χ1) is 8.11. The molecule has 2 unspecified atom stereocenters. The average Bonchev–Trinajstić information content (AvgIpc) is 2.73. The van der Waals surface area contributed by atoms with Crippen LogP contribution in [-0.4, -0.2) is 19.3 Å². The van der Waals surface area contributed by atoms with Crippen molar-refractivity contribution in [3.05, 3.63) is 22.7 Å². The van der Waals surface area contributed by atoms with E-state index in [0.717, 1.165) is 24.1 Å². The van der Waals surface area contributed by atoms with Crippen LogP contribution in [0, 0.1) is 6.92 Å². The Balaban J connectivity index is 2.15. The van der Waals surface area contributed by atoms with Gasteiger partial charge in [0.05, 0.1) is 22.9 Å². The van der Waals surface area contributed by atoms with E-state index in [1.54, 1.807) is 7.11 Å². The van der Waals surface area contributed by atoms with Gasteiger partial charge in [-0.2, -0.15) is 0 Å². The van der Waals surface area contributed by atoms with Gasteiger partial charge < -0.3 is 15.8 Å². The van der Waals surface area contributed by atoms with E-state index >= 15 is 0 Å². The van der Waals surface area contributed by atoms with Crippen LogP contribution in [-0.2, 0) is 4.74 Å². The van der Waals surface area contributed by atoms with Crippen LogP contribution in [0.25, 0.3) is 0 Å². The Morgan fingerprint density at radius 1 is 1.41 bits per heavy atom. The molecule has 0 spiro atoms. The number of nitrogen functional groups attached to an aromatic ring is 1. The Kier molecular flexibility index (Phi) is 3.79. The summed E-state index contributed by atoms with van der Waals surface area (Å²) < 4.78 is 5.47. The standard InChI is InChI=1S/C13H19ClN2O/c1-8-6-10(15)9(14)7-12(8)16-11-4-3-5-13(11)17-2/h6-7,11,13,16H,3-5,15H2,1-2H3. The van der Waals surface area contributed by atoms with Crippen LogP contribution in [0.4, 0.5) is 11.4 Å². The maximum absolute atomic E-state index is 6.05. The summed E-state index contributed by atoms with van der Waals surface area (Å²) >= 11 is 6.05. The van der Waals surface area contributed by atoms with Gasteiger partial charge in [-0.05, 0) is 43.9 Å². The molecule has 1 aromatic carbocycles. The molecule has 1 aliphatic rings. The second-order valence-corrected chi connectivity index (χ2v) is 5.05. The number of benzene rings is 1. The molecule has 0 radical (unpaired) electrons. The molecule has 2 atom stereocenters. The molecule has 1 aromatic rings. The zero-order chi connectivity index (χ0) is 12.4. The van der Waals surface area contributed by atoms with E-state index in [4.69, 9.17) is 22.1 Å². The summed E-state index contributed by atoms with van der Waals surface area (Å²) in [5.41, 5.74) is 8.57. The quantitative estimate of drug-likeness (QED) is 0.815. The highest BCUT2D eigenvalue weighted by atomic mass is 35.5. The minimum absolute atomic E-state index is 0.297. The van der Waals surface area contributed by atoms with Gasteiger partial charge in [0.15, 0.2) is 0 Å². The number of nitrogens with one attached hydrogen (secondary N) is 1. The maximum Gasteiger partial charge on any atom is 0.0772 e. The highest BCUT2D eigenvalue weighted by Crippen LogP contribution is 2.30. The molecule has 17 heavy (non-hydrogen) atoms. The van der Waals surface area contributed by atoms with E-state index in [1.165, 1.54) is 6.42 Å². The van der Waals surface area contributed by atoms with Crippen molar-refractivity contribution in [3.8, 4) is 0 Å². The summed E-state index contributed by atoms with van der Waals surface area (Å²) in [5, 5.41) is 4.12. The molecule has 0 bridgehead atoms. The topological polar surface area (TPSA) is 47.3 Å². The van der Waals surface area contributed by atoms with Crippen LogP contribution in [0.15, 0.2) is 12.1 Å². The largest absolute Gasteiger partial charge is 0.398 e. The molecule has 1 aliphatic carbocycles. The normalized spacial score (nSPS) is 23.9. The summed E-state index contributed by atoms with van der Waals surface area (Å²) in [7, 11) is 1.77. The van der Waals surface area contributed by atoms with Crippen LogP contribution < -0.4 is 11.1 Å². The molecule has 1 saturated carbocycles. The predicted molar refractivity (Wildman–Crippen MR) is 72.7 cm³/mol. The summed E-state index contributed by atoms with van der Waals surface area (Å²) in [4.78, 5) is 0. The van der Waals surface area contributed by atoms with E-state index in [-0.39, 0.29) is 0 Å². The van der Waals surface area contributed by atoms with Gasteiger partial charge in [0, 0.05) is 12.8 Å². The molecule has 0 saturated heterocycles. The first kappa shape index (κ1) is 12.5. The molecule has 3 nitrogen and oxygen atoms in total. The molecular weight excluding hydrogens is 236 g/mol. The van der Waals surface area contributed by atoms with Gasteiger partial charge in [-0.25, -0.2) is 0 Å². The van der Waals surface area contributed by atoms with Crippen LogP contribution >= 0.6 is 11.6 Å². The molecule has 0 heterocycles. The van der Waals surface area contributed by atoms with Gasteiger partial charge >= 0.3 is 0 Å². The highest BCUT2D eigenvalue weighted by molar-refractivity contribution is 6.33. The number of rotatable bonds is 3. The van der Waals surface area contributed by atoms with Gasteiger partial charge in [-0.15, -0.1) is 0 Å². The van der Waals surface area contributed by atoms with Gasteiger partial charge in [-0.1, -0.05) is 11.6 Å². The molecule has 0 aromatic heterocycles. The number of nitrogens with two attached hydrogens (primary N) is 1. The number of halogens is 1. The Labute approximate surface area is 107 Å². The molecular formula is C13H19ClN2O. The van der Waals surface area contributed by atoms with Crippen molar-refractivity contribution in [2.45, 2.75) is 38.3 Å². The fourth-order valence-corrected chi connectivity index (χ4v) is 2.60. The fourth-order valence-electron chi connectivity index (χ4n) is 2.43. The lowest BCUT2D eigenvalue weighted by Crippen LogP contribution is -2.30. The van der Waals surface area contributed by atoms with Crippen molar-refractivity contribution in [2.75, 3.05) is 18.2 Å². The lowest BCUT2D eigenvalue weighted by atomic mass is 10.1. The molecule has 3 N–H and O–H groups in total. The second kappa shape index (κ2) is 5.15. The van der Waals surface area contributed by atoms with Crippen LogP contribution in [0.1, 0.15) is 24.8 Å². The van der Waals surface area contributed by atoms with E-state index in [0.29, 0.717) is 22.9 Å². The zero-order valence-corrected chi connectivity index (χ0v) is 11.1. The van der Waals surface area contributed by atoms with E-state index in [9.17, 15) is 0 Å². The SMILES string of the molecule is COC1CCCC1Nc1cc(Cl)c(N)cc1C. The van der Waals surface area contributed by atoms with E-state index in [1.807, 2.05) is 19.1 Å². The van der Waals surface area contributed by atoms with Crippen LogP contribution in [0.2, 0.25) is 5.02 Å². The molecule has 0 amide bonds. The summed E-state index contributed by atoms with van der Waals surface area (Å²) in [6, 6.07) is 4.18. The summed E-state index contributed by atoms with van der Waals surface area (Å²) in [6.45, 7) is 2.03. The third kappa shape index (κ3) is 2.67. The molecule has 0 aliphatic heterocycles. The Morgan fingerprint density at radius 2 is 2.18 bits per heavy atom.